The Hall–Kier alpha value is -1.96. The number of carbonyl (C=O) groups is 1. The highest BCUT2D eigenvalue weighted by atomic mass is 32.2. The van der Waals surface area contributed by atoms with E-state index in [0.29, 0.717) is 13.1 Å². The second kappa shape index (κ2) is 9.12. The number of rotatable bonds is 8. The van der Waals surface area contributed by atoms with Gasteiger partial charge in [0.2, 0.25) is 11.9 Å². The van der Waals surface area contributed by atoms with Gasteiger partial charge in [-0.3, -0.25) is 9.36 Å². The van der Waals surface area contributed by atoms with Gasteiger partial charge in [0.25, 0.3) is 0 Å². The molecule has 7 nitrogen and oxygen atoms in total. The van der Waals surface area contributed by atoms with E-state index in [4.69, 9.17) is 4.42 Å². The minimum absolute atomic E-state index is 0.0314. The van der Waals surface area contributed by atoms with Crippen LogP contribution in [-0.2, 0) is 11.3 Å². The van der Waals surface area contributed by atoms with Crippen LogP contribution in [0, 0.1) is 0 Å². The summed E-state index contributed by atoms with van der Waals surface area (Å²) in [7, 11) is 0. The maximum atomic E-state index is 12.2. The van der Waals surface area contributed by atoms with Crippen LogP contribution in [-0.4, -0.2) is 45.6 Å². The third kappa shape index (κ3) is 4.60. The lowest BCUT2D eigenvalue weighted by atomic mass is 10.1. The number of amides is 1. The van der Waals surface area contributed by atoms with Crippen LogP contribution in [0.3, 0.4) is 0 Å². The van der Waals surface area contributed by atoms with Crippen LogP contribution >= 0.6 is 11.8 Å². The van der Waals surface area contributed by atoms with Gasteiger partial charge in [0, 0.05) is 19.6 Å². The predicted octanol–water partition coefficient (Wildman–Crippen LogP) is 2.92. The van der Waals surface area contributed by atoms with Crippen LogP contribution < -0.4 is 10.2 Å². The number of anilines is 1. The Morgan fingerprint density at radius 2 is 2.15 bits per heavy atom. The number of piperidine rings is 1. The van der Waals surface area contributed by atoms with Gasteiger partial charge in [-0.15, -0.1) is 10.2 Å². The van der Waals surface area contributed by atoms with E-state index in [-0.39, 0.29) is 11.2 Å². The van der Waals surface area contributed by atoms with Crippen molar-refractivity contribution in [3.05, 3.63) is 24.2 Å². The fourth-order valence-electron chi connectivity index (χ4n) is 3.00. The number of nitrogens with zero attached hydrogens (tertiary/aromatic N) is 4. The molecule has 1 aliphatic rings. The second-order valence-electron chi connectivity index (χ2n) is 6.55. The molecule has 1 aliphatic heterocycles. The third-order valence-corrected chi connectivity index (χ3v) is 5.51. The Morgan fingerprint density at radius 1 is 1.35 bits per heavy atom. The monoisotopic (exact) mass is 377 g/mol. The van der Waals surface area contributed by atoms with E-state index in [1.807, 2.05) is 26.0 Å². The number of hydrogen-bond acceptors (Lipinski definition) is 6. The van der Waals surface area contributed by atoms with Crippen LogP contribution in [0.25, 0.3) is 0 Å². The summed E-state index contributed by atoms with van der Waals surface area (Å²) < 4.78 is 7.59. The zero-order valence-corrected chi connectivity index (χ0v) is 16.3. The molecule has 1 amide bonds. The van der Waals surface area contributed by atoms with Crippen molar-refractivity contribution in [1.82, 2.24) is 20.1 Å². The molecule has 0 aromatic carbocycles. The fraction of sp³-hybridized carbons (Fsp3) is 0.611. The topological polar surface area (TPSA) is 76.2 Å². The first-order valence-electron chi connectivity index (χ1n) is 9.34. The average molecular weight is 378 g/mol. The standard InChI is InChI=1S/C18H27N5O2S/c1-3-9-19-16(24)14(2)26-18-21-20-17(22-10-5-4-6-11-22)23(18)13-15-8-7-12-25-15/h7-8,12,14H,3-6,9-11,13H2,1-2H3,(H,19,24). The molecule has 1 N–H and O–H groups in total. The summed E-state index contributed by atoms with van der Waals surface area (Å²) in [6.07, 6.45) is 6.21. The Kier molecular flexibility index (Phi) is 6.60. The lowest BCUT2D eigenvalue weighted by molar-refractivity contribution is -0.120. The van der Waals surface area contributed by atoms with Gasteiger partial charge >= 0.3 is 0 Å². The molecule has 1 fully saturated rings. The van der Waals surface area contributed by atoms with Gasteiger partial charge in [0.15, 0.2) is 5.16 Å². The highest BCUT2D eigenvalue weighted by Gasteiger charge is 2.24. The Balaban J connectivity index is 1.79. The Labute approximate surface area is 158 Å². The first-order chi connectivity index (χ1) is 12.7. The molecule has 1 unspecified atom stereocenters. The molecule has 2 aromatic heterocycles. The lowest BCUT2D eigenvalue weighted by Crippen LogP contribution is -2.32. The minimum Gasteiger partial charge on any atom is -0.467 e. The molecule has 26 heavy (non-hydrogen) atoms. The summed E-state index contributed by atoms with van der Waals surface area (Å²) in [4.78, 5) is 14.5. The summed E-state index contributed by atoms with van der Waals surface area (Å²) in [5.74, 6) is 1.75. The van der Waals surface area contributed by atoms with E-state index in [1.54, 1.807) is 6.26 Å². The number of carbonyl (C=O) groups excluding carboxylic acids is 1. The summed E-state index contributed by atoms with van der Waals surface area (Å²) in [6.45, 7) is 7.20. The first-order valence-corrected chi connectivity index (χ1v) is 10.2. The molecule has 8 heteroatoms. The maximum absolute atomic E-state index is 12.2. The highest BCUT2D eigenvalue weighted by Crippen LogP contribution is 2.28. The number of thioether (sulfide) groups is 1. The molecule has 0 saturated carbocycles. The van der Waals surface area contributed by atoms with Crippen molar-refractivity contribution in [3.63, 3.8) is 0 Å². The number of nitrogens with one attached hydrogen (secondary N) is 1. The molecule has 3 rings (SSSR count). The van der Waals surface area contributed by atoms with Gasteiger partial charge in [-0.2, -0.15) is 0 Å². The average Bonchev–Trinajstić information content (AvgIpc) is 3.31. The SMILES string of the molecule is CCCNC(=O)C(C)Sc1nnc(N2CCCCC2)n1Cc1ccco1. The van der Waals surface area contributed by atoms with E-state index in [2.05, 4.69) is 25.0 Å². The molecular formula is C18H27N5O2S. The van der Waals surface area contributed by atoms with E-state index in [0.717, 1.165) is 36.4 Å². The third-order valence-electron chi connectivity index (χ3n) is 4.43. The molecule has 2 aromatic rings. The molecule has 0 radical (unpaired) electrons. The van der Waals surface area contributed by atoms with Crippen LogP contribution in [0.15, 0.2) is 28.0 Å². The maximum Gasteiger partial charge on any atom is 0.233 e. The summed E-state index contributed by atoms with van der Waals surface area (Å²) in [5, 5.41) is 12.3. The summed E-state index contributed by atoms with van der Waals surface area (Å²) in [5.41, 5.74) is 0. The van der Waals surface area contributed by atoms with E-state index in [9.17, 15) is 4.79 Å². The fourth-order valence-corrected chi connectivity index (χ4v) is 3.86. The summed E-state index contributed by atoms with van der Waals surface area (Å²) >= 11 is 1.44. The molecule has 3 heterocycles. The second-order valence-corrected chi connectivity index (χ2v) is 7.85. The number of furan rings is 1. The van der Waals surface area contributed by atoms with Gasteiger partial charge in [0.1, 0.15) is 5.76 Å². The molecule has 0 spiro atoms. The quantitative estimate of drug-likeness (QED) is 0.713. The smallest absolute Gasteiger partial charge is 0.233 e. The van der Waals surface area contributed by atoms with Crippen LogP contribution in [0.4, 0.5) is 5.95 Å². The molecule has 1 saturated heterocycles. The lowest BCUT2D eigenvalue weighted by Gasteiger charge is -2.27. The predicted molar refractivity (Wildman–Crippen MR) is 103 cm³/mol. The Morgan fingerprint density at radius 3 is 2.85 bits per heavy atom. The van der Waals surface area contributed by atoms with Crippen LogP contribution in [0.2, 0.25) is 0 Å². The van der Waals surface area contributed by atoms with Gasteiger partial charge in [0.05, 0.1) is 18.1 Å². The highest BCUT2D eigenvalue weighted by molar-refractivity contribution is 8.00. The van der Waals surface area contributed by atoms with Crippen LogP contribution in [0.1, 0.15) is 45.3 Å². The number of hydrogen-bond donors (Lipinski definition) is 1. The van der Waals surface area contributed by atoms with Crippen molar-refractivity contribution in [2.45, 2.75) is 56.5 Å². The van der Waals surface area contributed by atoms with E-state index >= 15 is 0 Å². The van der Waals surface area contributed by atoms with E-state index in [1.165, 1.54) is 31.0 Å². The van der Waals surface area contributed by atoms with Crippen molar-refractivity contribution in [1.29, 1.82) is 0 Å². The zero-order chi connectivity index (χ0) is 18.4. The zero-order valence-electron chi connectivity index (χ0n) is 15.5. The minimum atomic E-state index is -0.227. The van der Waals surface area contributed by atoms with Crippen molar-refractivity contribution >= 4 is 23.6 Å². The summed E-state index contributed by atoms with van der Waals surface area (Å²) in [6, 6.07) is 3.83. The molecule has 0 aliphatic carbocycles. The molecule has 142 valence electrons. The van der Waals surface area contributed by atoms with Gasteiger partial charge in [-0.1, -0.05) is 18.7 Å². The number of aromatic nitrogens is 3. The van der Waals surface area contributed by atoms with Crippen molar-refractivity contribution in [2.75, 3.05) is 24.5 Å². The largest absolute Gasteiger partial charge is 0.467 e. The molecular weight excluding hydrogens is 350 g/mol. The normalized spacial score (nSPS) is 15.8. The van der Waals surface area contributed by atoms with Crippen molar-refractivity contribution in [3.8, 4) is 0 Å². The molecule has 0 bridgehead atoms. The van der Waals surface area contributed by atoms with Gasteiger partial charge in [-0.05, 0) is 44.7 Å². The Bertz CT molecular complexity index is 695. The molecule has 1 atom stereocenters. The first kappa shape index (κ1) is 18.8. The van der Waals surface area contributed by atoms with Crippen molar-refractivity contribution < 1.29 is 9.21 Å². The van der Waals surface area contributed by atoms with Gasteiger partial charge < -0.3 is 14.6 Å². The van der Waals surface area contributed by atoms with Crippen molar-refractivity contribution in [2.24, 2.45) is 0 Å². The van der Waals surface area contributed by atoms with Crippen LogP contribution in [0.5, 0.6) is 0 Å². The van der Waals surface area contributed by atoms with E-state index < -0.39 is 0 Å². The van der Waals surface area contributed by atoms with Gasteiger partial charge in [-0.25, -0.2) is 0 Å².